The zero-order chi connectivity index (χ0) is 7.84. The van der Waals surface area contributed by atoms with Crippen molar-refractivity contribution in [2.45, 2.75) is 6.10 Å². The molecule has 1 aromatic heterocycles. The molecule has 0 aromatic carbocycles. The Morgan fingerprint density at radius 3 is 2.91 bits per heavy atom. The van der Waals surface area contributed by atoms with Gasteiger partial charge in [-0.1, -0.05) is 0 Å². The molecular weight excluding hydrogens is 274 g/mol. The lowest BCUT2D eigenvalue weighted by molar-refractivity contribution is 0.414. The van der Waals surface area contributed by atoms with E-state index in [9.17, 15) is 0 Å². The van der Waals surface area contributed by atoms with Crippen molar-refractivity contribution in [3.05, 3.63) is 26.9 Å². The van der Waals surface area contributed by atoms with Crippen molar-refractivity contribution < 1.29 is 4.74 Å². The predicted molar refractivity (Wildman–Crippen MR) is 48.3 cm³/mol. The first-order valence-corrected chi connectivity index (χ1v) is 4.78. The van der Waals surface area contributed by atoms with Crippen molar-refractivity contribution in [2.24, 2.45) is 0 Å². The fourth-order valence-corrected chi connectivity index (χ4v) is 1.71. The van der Waals surface area contributed by atoms with Gasteiger partial charge in [0.15, 0.2) is 0 Å². The standard InChI is InChI=1S/C7H5Br2NO/c8-4-1-5(6-3-11-6)7(9)10-2-4/h1-2,6H,3H2/t6-/m0/s1. The van der Waals surface area contributed by atoms with Crippen molar-refractivity contribution in [1.29, 1.82) is 0 Å². The minimum absolute atomic E-state index is 0.259. The van der Waals surface area contributed by atoms with Crippen molar-refractivity contribution in [1.82, 2.24) is 4.98 Å². The first kappa shape index (κ1) is 7.71. The zero-order valence-corrected chi connectivity index (χ0v) is 8.72. The fraction of sp³-hybridized carbons (Fsp3) is 0.286. The average molecular weight is 279 g/mol. The maximum Gasteiger partial charge on any atom is 0.112 e. The molecule has 2 rings (SSSR count). The molecule has 0 bridgehead atoms. The summed E-state index contributed by atoms with van der Waals surface area (Å²) in [5, 5.41) is 0. The van der Waals surface area contributed by atoms with Gasteiger partial charge in [0.05, 0.1) is 6.61 Å². The van der Waals surface area contributed by atoms with Crippen LogP contribution in [0.15, 0.2) is 21.3 Å². The van der Waals surface area contributed by atoms with Gasteiger partial charge in [-0.25, -0.2) is 4.98 Å². The third-order valence-electron chi connectivity index (χ3n) is 1.51. The molecule has 58 valence electrons. The molecule has 1 aliphatic heterocycles. The maximum atomic E-state index is 5.14. The van der Waals surface area contributed by atoms with Crippen molar-refractivity contribution in [3.8, 4) is 0 Å². The summed E-state index contributed by atoms with van der Waals surface area (Å²) in [5.74, 6) is 0. The summed E-state index contributed by atoms with van der Waals surface area (Å²) >= 11 is 6.71. The molecule has 4 heteroatoms. The summed E-state index contributed by atoms with van der Waals surface area (Å²) in [6, 6.07) is 2.02. The van der Waals surface area contributed by atoms with Crippen LogP contribution in [0.3, 0.4) is 0 Å². The maximum absolute atomic E-state index is 5.14. The lowest BCUT2D eigenvalue weighted by Crippen LogP contribution is -1.86. The third-order valence-corrected chi connectivity index (χ3v) is 2.61. The van der Waals surface area contributed by atoms with E-state index < -0.39 is 0 Å². The number of nitrogens with zero attached hydrogens (tertiary/aromatic N) is 1. The smallest absolute Gasteiger partial charge is 0.112 e. The highest BCUT2D eigenvalue weighted by molar-refractivity contribution is 9.11. The SMILES string of the molecule is Brc1cnc(Br)c([C@@H]2CO2)c1. The van der Waals surface area contributed by atoms with E-state index in [-0.39, 0.29) is 6.10 Å². The van der Waals surface area contributed by atoms with E-state index in [1.165, 1.54) is 0 Å². The van der Waals surface area contributed by atoms with E-state index in [1.807, 2.05) is 6.07 Å². The molecular formula is C7H5Br2NO. The molecule has 1 saturated heterocycles. The molecule has 2 heterocycles. The van der Waals surface area contributed by atoms with Gasteiger partial charge in [-0.2, -0.15) is 0 Å². The molecule has 2 nitrogen and oxygen atoms in total. The topological polar surface area (TPSA) is 25.4 Å². The largest absolute Gasteiger partial charge is 0.368 e. The van der Waals surface area contributed by atoms with Crippen LogP contribution in [-0.2, 0) is 4.74 Å². The van der Waals surface area contributed by atoms with Gasteiger partial charge < -0.3 is 4.74 Å². The van der Waals surface area contributed by atoms with Gasteiger partial charge in [0.25, 0.3) is 0 Å². The van der Waals surface area contributed by atoms with Crippen LogP contribution >= 0.6 is 31.9 Å². The van der Waals surface area contributed by atoms with Gasteiger partial charge in [-0.15, -0.1) is 0 Å². The highest BCUT2D eigenvalue weighted by atomic mass is 79.9. The highest BCUT2D eigenvalue weighted by Gasteiger charge is 2.27. The minimum Gasteiger partial charge on any atom is -0.368 e. The lowest BCUT2D eigenvalue weighted by atomic mass is 10.2. The van der Waals surface area contributed by atoms with Gasteiger partial charge in [0, 0.05) is 16.2 Å². The summed E-state index contributed by atoms with van der Waals surface area (Å²) in [7, 11) is 0. The van der Waals surface area contributed by atoms with E-state index in [2.05, 4.69) is 36.8 Å². The number of halogens is 2. The zero-order valence-electron chi connectivity index (χ0n) is 5.55. The first-order valence-electron chi connectivity index (χ1n) is 3.20. The van der Waals surface area contributed by atoms with Crippen LogP contribution in [0.25, 0.3) is 0 Å². The number of rotatable bonds is 1. The number of hydrogen-bond acceptors (Lipinski definition) is 2. The lowest BCUT2D eigenvalue weighted by Gasteiger charge is -1.98. The summed E-state index contributed by atoms with van der Waals surface area (Å²) in [5.41, 5.74) is 1.12. The predicted octanol–water partition coefficient (Wildman–Crippen LogP) is 2.68. The van der Waals surface area contributed by atoms with E-state index in [4.69, 9.17) is 4.74 Å². The Labute approximate surface area is 81.2 Å². The monoisotopic (exact) mass is 277 g/mol. The number of hydrogen-bond donors (Lipinski definition) is 0. The van der Waals surface area contributed by atoms with E-state index in [0.717, 1.165) is 21.2 Å². The Bertz CT molecular complexity index is 286. The van der Waals surface area contributed by atoms with Crippen molar-refractivity contribution in [2.75, 3.05) is 6.61 Å². The molecule has 0 saturated carbocycles. The van der Waals surface area contributed by atoms with Crippen LogP contribution in [0.5, 0.6) is 0 Å². The van der Waals surface area contributed by atoms with Crippen molar-refractivity contribution >= 4 is 31.9 Å². The third kappa shape index (κ3) is 1.63. The van der Waals surface area contributed by atoms with Gasteiger partial charge in [0.2, 0.25) is 0 Å². The second-order valence-corrected chi connectivity index (χ2v) is 4.02. The second-order valence-electron chi connectivity index (χ2n) is 2.36. The fourth-order valence-electron chi connectivity index (χ4n) is 0.892. The molecule has 1 aromatic rings. The van der Waals surface area contributed by atoms with Crippen LogP contribution in [0.2, 0.25) is 0 Å². The molecule has 0 amide bonds. The highest BCUT2D eigenvalue weighted by Crippen LogP contribution is 2.34. The number of epoxide rings is 1. The normalized spacial score (nSPS) is 21.8. The van der Waals surface area contributed by atoms with Gasteiger partial charge in [-0.05, 0) is 37.9 Å². The molecule has 1 aliphatic rings. The Kier molecular flexibility index (Phi) is 1.99. The van der Waals surface area contributed by atoms with Gasteiger partial charge in [0.1, 0.15) is 10.7 Å². The Balaban J connectivity index is 2.42. The second kappa shape index (κ2) is 2.84. The average Bonchev–Trinajstić information content (AvgIpc) is 2.76. The van der Waals surface area contributed by atoms with Gasteiger partial charge in [-0.3, -0.25) is 0 Å². The van der Waals surface area contributed by atoms with Gasteiger partial charge >= 0.3 is 0 Å². The van der Waals surface area contributed by atoms with E-state index in [0.29, 0.717) is 0 Å². The van der Waals surface area contributed by atoms with E-state index in [1.54, 1.807) is 6.20 Å². The Hall–Kier alpha value is 0.0700. The minimum atomic E-state index is 0.259. The molecule has 0 spiro atoms. The summed E-state index contributed by atoms with van der Waals surface area (Å²) < 4.78 is 7.01. The first-order chi connectivity index (χ1) is 5.27. The molecule has 0 N–H and O–H groups in total. The van der Waals surface area contributed by atoms with Crippen molar-refractivity contribution in [3.63, 3.8) is 0 Å². The summed E-state index contributed by atoms with van der Waals surface area (Å²) in [6.45, 7) is 0.816. The van der Waals surface area contributed by atoms with Crippen LogP contribution in [0.4, 0.5) is 0 Å². The molecule has 0 radical (unpaired) electrons. The molecule has 1 atom stereocenters. The van der Waals surface area contributed by atoms with Crippen LogP contribution in [0.1, 0.15) is 11.7 Å². The van der Waals surface area contributed by atoms with Crippen LogP contribution < -0.4 is 0 Å². The number of pyridine rings is 1. The summed E-state index contributed by atoms with van der Waals surface area (Å²) in [4.78, 5) is 4.13. The van der Waals surface area contributed by atoms with Crippen LogP contribution in [-0.4, -0.2) is 11.6 Å². The molecule has 0 unspecified atom stereocenters. The quantitative estimate of drug-likeness (QED) is 0.583. The molecule has 0 aliphatic carbocycles. The summed E-state index contributed by atoms with van der Waals surface area (Å²) in [6.07, 6.45) is 2.02. The molecule has 11 heavy (non-hydrogen) atoms. The van der Waals surface area contributed by atoms with E-state index >= 15 is 0 Å². The number of ether oxygens (including phenoxy) is 1. The Morgan fingerprint density at radius 2 is 2.27 bits per heavy atom. The molecule has 1 fully saturated rings. The Morgan fingerprint density at radius 1 is 1.55 bits per heavy atom. The van der Waals surface area contributed by atoms with Crippen LogP contribution in [0, 0.1) is 0 Å². The number of aromatic nitrogens is 1.